The van der Waals surface area contributed by atoms with Crippen LogP contribution < -0.4 is 5.32 Å². The fourth-order valence-electron chi connectivity index (χ4n) is 1.76. The van der Waals surface area contributed by atoms with Gasteiger partial charge in [-0.25, -0.2) is 14.4 Å². The second-order valence-electron chi connectivity index (χ2n) is 4.09. The van der Waals surface area contributed by atoms with E-state index in [0.29, 0.717) is 16.5 Å². The summed E-state index contributed by atoms with van der Waals surface area (Å²) in [6.07, 6.45) is 4.48. The van der Waals surface area contributed by atoms with Crippen LogP contribution in [0.15, 0.2) is 48.9 Å². The Morgan fingerprint density at radius 1 is 1.10 bits per heavy atom. The van der Waals surface area contributed by atoms with Crippen molar-refractivity contribution in [3.63, 3.8) is 0 Å². The highest BCUT2D eigenvalue weighted by molar-refractivity contribution is 6.04. The molecule has 0 fully saturated rings. The summed E-state index contributed by atoms with van der Waals surface area (Å²) in [6, 6.07) is 7.44. The second-order valence-corrected chi connectivity index (χ2v) is 4.09. The third-order valence-electron chi connectivity index (χ3n) is 2.70. The van der Waals surface area contributed by atoms with Gasteiger partial charge in [0.05, 0.1) is 11.1 Å². The van der Waals surface area contributed by atoms with Crippen LogP contribution in [-0.2, 0) is 0 Å². The average Bonchev–Trinajstić information content (AvgIpc) is 2.47. The molecule has 0 bridgehead atoms. The monoisotopic (exact) mass is 268 g/mol. The number of hydrogen-bond donors (Lipinski definition) is 1. The largest absolute Gasteiger partial charge is 0.290 e. The van der Waals surface area contributed by atoms with Crippen molar-refractivity contribution in [1.82, 2.24) is 15.0 Å². The number of halogens is 1. The smallest absolute Gasteiger partial charge is 0.259 e. The quantitative estimate of drug-likeness (QED) is 0.775. The number of pyridine rings is 1. The number of benzene rings is 1. The van der Waals surface area contributed by atoms with Gasteiger partial charge in [-0.3, -0.25) is 15.1 Å². The van der Waals surface area contributed by atoms with E-state index in [4.69, 9.17) is 0 Å². The Kier molecular flexibility index (Phi) is 3.04. The molecule has 3 aromatic rings. The molecule has 5 nitrogen and oxygen atoms in total. The zero-order valence-electron chi connectivity index (χ0n) is 10.2. The third kappa shape index (κ3) is 2.44. The minimum Gasteiger partial charge on any atom is -0.290 e. The van der Waals surface area contributed by atoms with E-state index in [9.17, 15) is 9.18 Å². The molecule has 0 saturated heterocycles. The Bertz CT molecular complexity index is 776. The van der Waals surface area contributed by atoms with E-state index in [2.05, 4.69) is 20.3 Å². The highest BCUT2D eigenvalue weighted by Gasteiger charge is 2.09. The lowest BCUT2D eigenvalue weighted by Gasteiger charge is -2.04. The molecule has 2 heterocycles. The molecule has 0 aliphatic carbocycles. The number of hydrogen-bond acceptors (Lipinski definition) is 4. The van der Waals surface area contributed by atoms with Crippen LogP contribution in [0.3, 0.4) is 0 Å². The topological polar surface area (TPSA) is 67.8 Å². The maximum absolute atomic E-state index is 13.2. The van der Waals surface area contributed by atoms with Crippen molar-refractivity contribution >= 4 is 22.8 Å². The van der Waals surface area contributed by atoms with Crippen LogP contribution in [0, 0.1) is 5.82 Å². The first-order valence-electron chi connectivity index (χ1n) is 5.86. The van der Waals surface area contributed by atoms with Crippen molar-refractivity contribution in [3.05, 3.63) is 60.3 Å². The van der Waals surface area contributed by atoms with Gasteiger partial charge in [0.15, 0.2) is 0 Å². The summed E-state index contributed by atoms with van der Waals surface area (Å²) in [7, 11) is 0. The van der Waals surface area contributed by atoms with Crippen molar-refractivity contribution < 1.29 is 9.18 Å². The minimum absolute atomic E-state index is 0.205. The number of aromatic nitrogens is 3. The van der Waals surface area contributed by atoms with Crippen LogP contribution in [0.4, 0.5) is 10.3 Å². The normalized spacial score (nSPS) is 10.4. The Morgan fingerprint density at radius 3 is 2.70 bits per heavy atom. The molecule has 0 aliphatic rings. The maximum Gasteiger partial charge on any atom is 0.259 e. The van der Waals surface area contributed by atoms with Crippen LogP contribution in [0.5, 0.6) is 0 Å². The van der Waals surface area contributed by atoms with Gasteiger partial charge in [0, 0.05) is 24.0 Å². The first kappa shape index (κ1) is 12.2. The molecule has 0 saturated carbocycles. The molecule has 0 aliphatic heterocycles. The van der Waals surface area contributed by atoms with E-state index in [1.165, 1.54) is 30.7 Å². The first-order valence-corrected chi connectivity index (χ1v) is 5.86. The summed E-state index contributed by atoms with van der Waals surface area (Å²) >= 11 is 0. The van der Waals surface area contributed by atoms with Gasteiger partial charge in [0.25, 0.3) is 5.91 Å². The molecular formula is C14H9FN4O. The van der Waals surface area contributed by atoms with Gasteiger partial charge >= 0.3 is 0 Å². The van der Waals surface area contributed by atoms with Crippen LogP contribution in [-0.4, -0.2) is 20.9 Å². The van der Waals surface area contributed by atoms with E-state index in [-0.39, 0.29) is 11.8 Å². The number of carbonyl (C=O) groups excluding carboxylic acids is 1. The summed E-state index contributed by atoms with van der Waals surface area (Å²) in [5.74, 6) is -0.560. The molecule has 20 heavy (non-hydrogen) atoms. The molecule has 0 spiro atoms. The highest BCUT2D eigenvalue weighted by atomic mass is 19.1. The molecule has 6 heteroatoms. The average molecular weight is 268 g/mol. The number of fused-ring (bicyclic) bond motifs is 1. The summed E-state index contributed by atoms with van der Waals surface area (Å²) in [5, 5.41) is 3.10. The SMILES string of the molecule is O=C(Nc1ncccn1)c1cnc2ccc(F)cc2c1. The summed E-state index contributed by atoms with van der Waals surface area (Å²) in [4.78, 5) is 23.9. The molecule has 0 atom stereocenters. The van der Waals surface area contributed by atoms with E-state index < -0.39 is 5.91 Å². The molecule has 1 amide bonds. The van der Waals surface area contributed by atoms with Crippen molar-refractivity contribution in [2.75, 3.05) is 5.32 Å². The standard InChI is InChI=1S/C14H9FN4O/c15-11-2-3-12-9(7-11)6-10(8-18-12)13(20)19-14-16-4-1-5-17-14/h1-8H,(H,16,17,19,20). The van der Waals surface area contributed by atoms with Crippen LogP contribution in [0.2, 0.25) is 0 Å². The number of carbonyl (C=O) groups is 1. The van der Waals surface area contributed by atoms with Gasteiger partial charge < -0.3 is 0 Å². The number of rotatable bonds is 2. The van der Waals surface area contributed by atoms with Gasteiger partial charge in [-0.2, -0.15) is 0 Å². The van der Waals surface area contributed by atoms with E-state index in [1.807, 2.05) is 0 Å². The van der Waals surface area contributed by atoms with Gasteiger partial charge in [0.2, 0.25) is 5.95 Å². The van der Waals surface area contributed by atoms with Gasteiger partial charge in [-0.15, -0.1) is 0 Å². The lowest BCUT2D eigenvalue weighted by Crippen LogP contribution is -2.14. The predicted molar refractivity (Wildman–Crippen MR) is 71.7 cm³/mol. The Morgan fingerprint density at radius 2 is 1.90 bits per heavy atom. The molecule has 0 radical (unpaired) electrons. The van der Waals surface area contributed by atoms with Crippen LogP contribution in [0.1, 0.15) is 10.4 Å². The molecule has 1 aromatic carbocycles. The van der Waals surface area contributed by atoms with Crippen molar-refractivity contribution in [1.29, 1.82) is 0 Å². The molecule has 98 valence electrons. The van der Waals surface area contributed by atoms with E-state index in [1.54, 1.807) is 18.2 Å². The van der Waals surface area contributed by atoms with E-state index in [0.717, 1.165) is 0 Å². The fraction of sp³-hybridized carbons (Fsp3) is 0. The lowest BCUT2D eigenvalue weighted by molar-refractivity contribution is 0.102. The molecule has 1 N–H and O–H groups in total. The summed E-state index contributed by atoms with van der Waals surface area (Å²) in [5.41, 5.74) is 0.939. The lowest BCUT2D eigenvalue weighted by atomic mass is 10.1. The number of nitrogens with one attached hydrogen (secondary N) is 1. The first-order chi connectivity index (χ1) is 9.72. The van der Waals surface area contributed by atoms with E-state index >= 15 is 0 Å². The van der Waals surface area contributed by atoms with Gasteiger partial charge in [-0.1, -0.05) is 0 Å². The maximum atomic E-state index is 13.2. The Hall–Kier alpha value is -2.89. The predicted octanol–water partition coefficient (Wildman–Crippen LogP) is 2.42. The molecular weight excluding hydrogens is 259 g/mol. The second kappa shape index (κ2) is 5.00. The molecule has 3 rings (SSSR count). The highest BCUT2D eigenvalue weighted by Crippen LogP contribution is 2.15. The zero-order chi connectivity index (χ0) is 13.9. The van der Waals surface area contributed by atoms with Crippen LogP contribution >= 0.6 is 0 Å². The van der Waals surface area contributed by atoms with Crippen molar-refractivity contribution in [3.8, 4) is 0 Å². The number of nitrogens with zero attached hydrogens (tertiary/aromatic N) is 3. The summed E-state index contributed by atoms with van der Waals surface area (Å²) < 4.78 is 13.2. The van der Waals surface area contributed by atoms with Crippen molar-refractivity contribution in [2.45, 2.75) is 0 Å². The van der Waals surface area contributed by atoms with Gasteiger partial charge in [-0.05, 0) is 30.3 Å². The molecule has 0 unspecified atom stereocenters. The fourth-order valence-corrected chi connectivity index (χ4v) is 1.76. The zero-order valence-corrected chi connectivity index (χ0v) is 10.2. The number of amides is 1. The number of anilines is 1. The minimum atomic E-state index is -0.394. The van der Waals surface area contributed by atoms with Crippen molar-refractivity contribution in [2.24, 2.45) is 0 Å². The van der Waals surface area contributed by atoms with Gasteiger partial charge in [0.1, 0.15) is 5.82 Å². The summed E-state index contributed by atoms with van der Waals surface area (Å²) in [6.45, 7) is 0. The molecule has 2 aromatic heterocycles. The Labute approximate surface area is 113 Å². The van der Waals surface area contributed by atoms with Crippen LogP contribution in [0.25, 0.3) is 10.9 Å². The third-order valence-corrected chi connectivity index (χ3v) is 2.70. The Balaban J connectivity index is 1.91.